The van der Waals surface area contributed by atoms with Crippen LogP contribution in [0.2, 0.25) is 0 Å². The minimum atomic E-state index is -1.11. The highest BCUT2D eigenvalue weighted by atomic mass is 16.4. The lowest BCUT2D eigenvalue weighted by atomic mass is 10.2. The highest BCUT2D eigenvalue weighted by Crippen LogP contribution is 1.95. The van der Waals surface area contributed by atoms with E-state index in [9.17, 15) is 14.4 Å². The zero-order valence-corrected chi connectivity index (χ0v) is 9.40. The molecule has 0 fully saturated rings. The Morgan fingerprint density at radius 3 is 2.25 bits per heavy atom. The van der Waals surface area contributed by atoms with E-state index in [1.165, 1.54) is 0 Å². The SMILES string of the molecule is CC[C@H](NC(=O)N(CC)CC(N)=O)C(=O)O. The Morgan fingerprint density at radius 2 is 1.94 bits per heavy atom. The molecule has 92 valence electrons. The van der Waals surface area contributed by atoms with E-state index in [-0.39, 0.29) is 19.5 Å². The second-order valence-electron chi connectivity index (χ2n) is 3.23. The van der Waals surface area contributed by atoms with Gasteiger partial charge in [0.05, 0.1) is 0 Å². The van der Waals surface area contributed by atoms with E-state index in [0.29, 0.717) is 0 Å². The number of nitrogens with two attached hydrogens (primary N) is 1. The molecule has 1 atom stereocenters. The third-order valence-corrected chi connectivity index (χ3v) is 2.02. The summed E-state index contributed by atoms with van der Waals surface area (Å²) in [5.41, 5.74) is 4.95. The molecule has 3 amide bonds. The van der Waals surface area contributed by atoms with Crippen molar-refractivity contribution in [2.24, 2.45) is 5.73 Å². The molecule has 7 heteroatoms. The van der Waals surface area contributed by atoms with Gasteiger partial charge in [0, 0.05) is 6.54 Å². The Morgan fingerprint density at radius 1 is 1.38 bits per heavy atom. The first-order chi connectivity index (χ1) is 7.42. The Bertz CT molecular complexity index is 280. The van der Waals surface area contributed by atoms with Crippen LogP contribution in [-0.4, -0.2) is 47.0 Å². The van der Waals surface area contributed by atoms with E-state index >= 15 is 0 Å². The first kappa shape index (κ1) is 14.2. The first-order valence-electron chi connectivity index (χ1n) is 4.98. The molecule has 0 saturated heterocycles. The summed E-state index contributed by atoms with van der Waals surface area (Å²) < 4.78 is 0. The highest BCUT2D eigenvalue weighted by molar-refractivity contribution is 5.86. The monoisotopic (exact) mass is 231 g/mol. The number of carboxylic acids is 1. The van der Waals surface area contributed by atoms with Crippen LogP contribution in [0.3, 0.4) is 0 Å². The maximum atomic E-state index is 11.5. The number of amides is 3. The molecule has 16 heavy (non-hydrogen) atoms. The van der Waals surface area contributed by atoms with Crippen molar-refractivity contribution in [3.05, 3.63) is 0 Å². The number of hydrogen-bond acceptors (Lipinski definition) is 3. The third-order valence-electron chi connectivity index (χ3n) is 2.02. The largest absolute Gasteiger partial charge is 0.480 e. The molecule has 4 N–H and O–H groups in total. The van der Waals surface area contributed by atoms with Gasteiger partial charge in [0.15, 0.2) is 0 Å². The summed E-state index contributed by atoms with van der Waals surface area (Å²) in [7, 11) is 0. The average Bonchev–Trinajstić information content (AvgIpc) is 2.21. The van der Waals surface area contributed by atoms with Crippen LogP contribution in [0.4, 0.5) is 4.79 Å². The zero-order valence-electron chi connectivity index (χ0n) is 9.40. The van der Waals surface area contributed by atoms with Crippen LogP contribution in [0.15, 0.2) is 0 Å². The summed E-state index contributed by atoms with van der Waals surface area (Å²) in [6.07, 6.45) is 0.273. The van der Waals surface area contributed by atoms with Gasteiger partial charge in [0.25, 0.3) is 0 Å². The Balaban J connectivity index is 4.40. The van der Waals surface area contributed by atoms with E-state index in [0.717, 1.165) is 4.90 Å². The van der Waals surface area contributed by atoms with E-state index in [4.69, 9.17) is 10.8 Å². The number of aliphatic carboxylic acids is 1. The van der Waals surface area contributed by atoms with Gasteiger partial charge < -0.3 is 21.1 Å². The van der Waals surface area contributed by atoms with Gasteiger partial charge in [-0.05, 0) is 13.3 Å². The molecule has 0 bridgehead atoms. The molecule has 0 unspecified atom stereocenters. The summed E-state index contributed by atoms with van der Waals surface area (Å²) >= 11 is 0. The number of carboxylic acid groups (broad SMARTS) is 1. The van der Waals surface area contributed by atoms with Crippen LogP contribution in [0, 0.1) is 0 Å². The van der Waals surface area contributed by atoms with E-state index in [1.54, 1.807) is 13.8 Å². The molecule has 0 rings (SSSR count). The number of carbonyl (C=O) groups excluding carboxylic acids is 2. The molecule has 0 aromatic heterocycles. The topological polar surface area (TPSA) is 113 Å². The zero-order chi connectivity index (χ0) is 12.7. The van der Waals surface area contributed by atoms with Gasteiger partial charge in [-0.25, -0.2) is 9.59 Å². The predicted molar refractivity (Wildman–Crippen MR) is 56.7 cm³/mol. The molecule has 0 aliphatic rings. The number of urea groups is 1. The van der Waals surface area contributed by atoms with Gasteiger partial charge in [-0.3, -0.25) is 4.79 Å². The molecule has 0 heterocycles. The first-order valence-corrected chi connectivity index (χ1v) is 4.98. The van der Waals surface area contributed by atoms with Crippen molar-refractivity contribution in [1.82, 2.24) is 10.2 Å². The van der Waals surface area contributed by atoms with Gasteiger partial charge in [-0.15, -0.1) is 0 Å². The number of primary amides is 1. The Kier molecular flexibility index (Phi) is 5.91. The summed E-state index contributed by atoms with van der Waals surface area (Å²) in [6.45, 7) is 3.37. The number of nitrogens with zero attached hydrogens (tertiary/aromatic N) is 1. The summed E-state index contributed by atoms with van der Waals surface area (Å²) in [5.74, 6) is -1.74. The minimum Gasteiger partial charge on any atom is -0.480 e. The number of carbonyl (C=O) groups is 3. The van der Waals surface area contributed by atoms with E-state index < -0.39 is 23.9 Å². The van der Waals surface area contributed by atoms with Crippen molar-refractivity contribution < 1.29 is 19.5 Å². The molecule has 0 spiro atoms. The molecule has 0 aliphatic heterocycles. The predicted octanol–water partition coefficient (Wildman–Crippen LogP) is -0.634. The minimum absolute atomic E-state index is 0.224. The lowest BCUT2D eigenvalue weighted by Crippen LogP contribution is -2.49. The molecule has 0 aromatic rings. The molecule has 7 nitrogen and oxygen atoms in total. The molecular weight excluding hydrogens is 214 g/mol. The molecule has 0 saturated carbocycles. The number of likely N-dealkylation sites (N-methyl/N-ethyl adjacent to an activating group) is 1. The van der Waals surface area contributed by atoms with Gasteiger partial charge in [0.2, 0.25) is 5.91 Å². The van der Waals surface area contributed by atoms with Crippen LogP contribution in [0.25, 0.3) is 0 Å². The summed E-state index contributed by atoms with van der Waals surface area (Å²) in [4.78, 5) is 34.0. The van der Waals surface area contributed by atoms with E-state index in [1.807, 2.05) is 0 Å². The second kappa shape index (κ2) is 6.65. The van der Waals surface area contributed by atoms with Crippen LogP contribution in [0.5, 0.6) is 0 Å². The summed E-state index contributed by atoms with van der Waals surface area (Å²) in [5, 5.41) is 11.0. The van der Waals surface area contributed by atoms with E-state index in [2.05, 4.69) is 5.32 Å². The fourth-order valence-electron chi connectivity index (χ4n) is 1.09. The molecule has 0 aromatic carbocycles. The lowest BCUT2D eigenvalue weighted by molar-refractivity contribution is -0.139. The van der Waals surface area contributed by atoms with Crippen LogP contribution < -0.4 is 11.1 Å². The maximum Gasteiger partial charge on any atom is 0.326 e. The van der Waals surface area contributed by atoms with Gasteiger partial charge in [-0.2, -0.15) is 0 Å². The van der Waals surface area contributed by atoms with Crippen LogP contribution in [0.1, 0.15) is 20.3 Å². The number of rotatable bonds is 6. The van der Waals surface area contributed by atoms with Crippen molar-refractivity contribution in [3.63, 3.8) is 0 Å². The smallest absolute Gasteiger partial charge is 0.326 e. The van der Waals surface area contributed by atoms with Gasteiger partial charge >= 0.3 is 12.0 Å². The standard InChI is InChI=1S/C9H17N3O4/c1-3-6(8(14)15)11-9(16)12(4-2)5-7(10)13/h6H,3-5H2,1-2H3,(H2,10,13)(H,11,16)(H,14,15)/t6-/m0/s1. The van der Waals surface area contributed by atoms with Gasteiger partial charge in [-0.1, -0.05) is 6.92 Å². The fraction of sp³-hybridized carbons (Fsp3) is 0.667. The number of nitrogens with one attached hydrogen (secondary N) is 1. The molecule has 0 aliphatic carbocycles. The molecule has 0 radical (unpaired) electrons. The van der Waals surface area contributed by atoms with Crippen molar-refractivity contribution in [2.45, 2.75) is 26.3 Å². The normalized spacial score (nSPS) is 11.6. The molecular formula is C9H17N3O4. The van der Waals surface area contributed by atoms with Gasteiger partial charge in [0.1, 0.15) is 12.6 Å². The fourth-order valence-corrected chi connectivity index (χ4v) is 1.09. The number of hydrogen-bond donors (Lipinski definition) is 3. The Hall–Kier alpha value is -1.79. The average molecular weight is 231 g/mol. The van der Waals surface area contributed by atoms with Crippen LogP contribution in [-0.2, 0) is 9.59 Å². The van der Waals surface area contributed by atoms with Crippen molar-refractivity contribution >= 4 is 17.9 Å². The van der Waals surface area contributed by atoms with Crippen LogP contribution >= 0.6 is 0 Å². The van der Waals surface area contributed by atoms with Crippen molar-refractivity contribution in [1.29, 1.82) is 0 Å². The second-order valence-corrected chi connectivity index (χ2v) is 3.23. The Labute approximate surface area is 93.6 Å². The lowest BCUT2D eigenvalue weighted by Gasteiger charge is -2.22. The summed E-state index contributed by atoms with van der Waals surface area (Å²) in [6, 6.07) is -1.55. The maximum absolute atomic E-state index is 11.5. The third kappa shape index (κ3) is 4.63. The van der Waals surface area contributed by atoms with Crippen molar-refractivity contribution in [3.8, 4) is 0 Å². The van der Waals surface area contributed by atoms with Crippen molar-refractivity contribution in [2.75, 3.05) is 13.1 Å². The quantitative estimate of drug-likeness (QED) is 0.564. The highest BCUT2D eigenvalue weighted by Gasteiger charge is 2.21.